The smallest absolute Gasteiger partial charge is 0.303 e. The van der Waals surface area contributed by atoms with E-state index >= 15 is 0 Å². The van der Waals surface area contributed by atoms with Crippen molar-refractivity contribution in [3.63, 3.8) is 0 Å². The molecule has 0 bridgehead atoms. The number of carbonyl (C=O) groups excluding carboxylic acids is 1. The van der Waals surface area contributed by atoms with Crippen LogP contribution in [-0.2, 0) is 4.79 Å². The summed E-state index contributed by atoms with van der Waals surface area (Å²) in [6, 6.07) is 2.55. The summed E-state index contributed by atoms with van der Waals surface area (Å²) in [6.45, 7) is 0.381. The standard InChI is InChI=1S/C16H22FNO5/c1-22-12-9-8-11(17)14(15(12)23-2)16(21)18-10-6-4-3-5-7-13(19)20/h8-9H,3-7,10H2,1-2H3,(H,18,21)(H,19,20). The summed E-state index contributed by atoms with van der Waals surface area (Å²) < 4.78 is 24.0. The molecule has 1 rings (SSSR count). The molecule has 1 aromatic rings. The van der Waals surface area contributed by atoms with Gasteiger partial charge in [-0.2, -0.15) is 0 Å². The maximum absolute atomic E-state index is 13.9. The van der Waals surface area contributed by atoms with Crippen molar-refractivity contribution in [2.24, 2.45) is 0 Å². The van der Waals surface area contributed by atoms with Gasteiger partial charge in [-0.25, -0.2) is 4.39 Å². The van der Waals surface area contributed by atoms with Gasteiger partial charge in [-0.05, 0) is 25.0 Å². The summed E-state index contributed by atoms with van der Waals surface area (Å²) in [6.07, 6.45) is 3.03. The molecule has 1 amide bonds. The van der Waals surface area contributed by atoms with Crippen LogP contribution >= 0.6 is 0 Å². The highest BCUT2D eigenvalue weighted by molar-refractivity contribution is 5.98. The number of carboxylic acids is 1. The summed E-state index contributed by atoms with van der Waals surface area (Å²) in [4.78, 5) is 22.5. The molecule has 23 heavy (non-hydrogen) atoms. The quantitative estimate of drug-likeness (QED) is 0.645. The number of unbranched alkanes of at least 4 members (excludes halogenated alkanes) is 3. The van der Waals surface area contributed by atoms with E-state index in [1.807, 2.05) is 0 Å². The Bertz CT molecular complexity index is 548. The average Bonchev–Trinajstić information content (AvgIpc) is 2.52. The van der Waals surface area contributed by atoms with E-state index in [0.29, 0.717) is 19.4 Å². The molecule has 7 heteroatoms. The first-order valence-electron chi connectivity index (χ1n) is 7.41. The zero-order chi connectivity index (χ0) is 17.2. The average molecular weight is 327 g/mol. The van der Waals surface area contributed by atoms with E-state index in [1.165, 1.54) is 20.3 Å². The number of benzene rings is 1. The lowest BCUT2D eigenvalue weighted by Crippen LogP contribution is -2.26. The van der Waals surface area contributed by atoms with Crippen LogP contribution in [-0.4, -0.2) is 37.7 Å². The Morgan fingerprint density at radius 2 is 1.83 bits per heavy atom. The number of ether oxygens (including phenoxy) is 2. The summed E-state index contributed by atoms with van der Waals surface area (Å²) in [5, 5.41) is 11.2. The van der Waals surface area contributed by atoms with Crippen LogP contribution in [0.15, 0.2) is 12.1 Å². The normalized spacial score (nSPS) is 10.2. The largest absolute Gasteiger partial charge is 0.493 e. The molecule has 0 aromatic heterocycles. The summed E-state index contributed by atoms with van der Waals surface area (Å²) in [5.74, 6) is -1.71. The van der Waals surface area contributed by atoms with Gasteiger partial charge in [-0.1, -0.05) is 12.8 Å². The number of hydrogen-bond acceptors (Lipinski definition) is 4. The lowest BCUT2D eigenvalue weighted by molar-refractivity contribution is -0.137. The third-order valence-electron chi connectivity index (χ3n) is 3.32. The van der Waals surface area contributed by atoms with Gasteiger partial charge in [0.05, 0.1) is 14.2 Å². The number of carbonyl (C=O) groups is 2. The Morgan fingerprint density at radius 1 is 1.13 bits per heavy atom. The van der Waals surface area contributed by atoms with Crippen molar-refractivity contribution in [1.82, 2.24) is 5.32 Å². The first kappa shape index (κ1) is 18.7. The van der Waals surface area contributed by atoms with Crippen LogP contribution in [0.2, 0.25) is 0 Å². The van der Waals surface area contributed by atoms with E-state index in [1.54, 1.807) is 0 Å². The van der Waals surface area contributed by atoms with Crippen molar-refractivity contribution in [2.45, 2.75) is 32.1 Å². The fraction of sp³-hybridized carbons (Fsp3) is 0.500. The Kier molecular flexibility index (Phi) is 7.87. The SMILES string of the molecule is COc1ccc(F)c(C(=O)NCCCCCCC(=O)O)c1OC. The van der Waals surface area contributed by atoms with Crippen LogP contribution in [0.1, 0.15) is 42.5 Å². The van der Waals surface area contributed by atoms with E-state index in [4.69, 9.17) is 14.6 Å². The summed E-state index contributed by atoms with van der Waals surface area (Å²) >= 11 is 0. The number of hydrogen-bond donors (Lipinski definition) is 2. The van der Waals surface area contributed by atoms with E-state index in [-0.39, 0.29) is 23.5 Å². The molecule has 0 saturated carbocycles. The van der Waals surface area contributed by atoms with Crippen molar-refractivity contribution in [3.8, 4) is 11.5 Å². The van der Waals surface area contributed by atoms with Gasteiger partial charge in [0, 0.05) is 13.0 Å². The maximum atomic E-state index is 13.9. The second-order valence-corrected chi connectivity index (χ2v) is 4.97. The van der Waals surface area contributed by atoms with Gasteiger partial charge in [-0.15, -0.1) is 0 Å². The number of aliphatic carboxylic acids is 1. The van der Waals surface area contributed by atoms with Gasteiger partial charge < -0.3 is 19.9 Å². The molecule has 0 aliphatic heterocycles. The zero-order valence-electron chi connectivity index (χ0n) is 13.4. The topological polar surface area (TPSA) is 84.9 Å². The van der Waals surface area contributed by atoms with Crippen molar-refractivity contribution >= 4 is 11.9 Å². The highest BCUT2D eigenvalue weighted by atomic mass is 19.1. The highest BCUT2D eigenvalue weighted by Crippen LogP contribution is 2.32. The van der Waals surface area contributed by atoms with Gasteiger partial charge in [0.25, 0.3) is 5.91 Å². The lowest BCUT2D eigenvalue weighted by atomic mass is 10.1. The van der Waals surface area contributed by atoms with Crippen LogP contribution in [0.3, 0.4) is 0 Å². The molecule has 0 aliphatic rings. The Morgan fingerprint density at radius 3 is 2.43 bits per heavy atom. The first-order valence-corrected chi connectivity index (χ1v) is 7.41. The van der Waals surface area contributed by atoms with Gasteiger partial charge in [0.1, 0.15) is 11.4 Å². The molecule has 0 saturated heterocycles. The van der Waals surface area contributed by atoms with Crippen LogP contribution in [0.5, 0.6) is 11.5 Å². The highest BCUT2D eigenvalue weighted by Gasteiger charge is 2.21. The Hall–Kier alpha value is -2.31. The minimum atomic E-state index is -0.807. The predicted octanol–water partition coefficient (Wildman–Crippen LogP) is 2.61. The van der Waals surface area contributed by atoms with Crippen molar-refractivity contribution in [2.75, 3.05) is 20.8 Å². The molecule has 128 valence electrons. The zero-order valence-corrected chi connectivity index (χ0v) is 13.4. The number of rotatable bonds is 10. The minimum absolute atomic E-state index is 0.0615. The van der Waals surface area contributed by atoms with Crippen molar-refractivity contribution < 1.29 is 28.6 Å². The van der Waals surface area contributed by atoms with E-state index in [0.717, 1.165) is 18.9 Å². The fourth-order valence-corrected chi connectivity index (χ4v) is 2.16. The molecule has 0 aliphatic carbocycles. The summed E-state index contributed by atoms with van der Waals surface area (Å²) in [5.41, 5.74) is -0.183. The Labute approximate surface area is 134 Å². The second kappa shape index (κ2) is 9.66. The maximum Gasteiger partial charge on any atom is 0.303 e. The van der Waals surface area contributed by atoms with Gasteiger partial charge in [-0.3, -0.25) is 9.59 Å². The molecule has 0 fully saturated rings. The van der Waals surface area contributed by atoms with Crippen LogP contribution in [0.4, 0.5) is 4.39 Å². The molecule has 1 aromatic carbocycles. The van der Waals surface area contributed by atoms with Crippen molar-refractivity contribution in [3.05, 3.63) is 23.5 Å². The lowest BCUT2D eigenvalue weighted by Gasteiger charge is -2.13. The number of nitrogens with one attached hydrogen (secondary N) is 1. The van der Waals surface area contributed by atoms with Crippen LogP contribution in [0.25, 0.3) is 0 Å². The van der Waals surface area contributed by atoms with Gasteiger partial charge >= 0.3 is 5.97 Å². The molecule has 0 radical (unpaired) electrons. The number of amides is 1. The second-order valence-electron chi connectivity index (χ2n) is 4.97. The first-order chi connectivity index (χ1) is 11.0. The third-order valence-corrected chi connectivity index (χ3v) is 3.32. The molecule has 0 spiro atoms. The van der Waals surface area contributed by atoms with Crippen LogP contribution < -0.4 is 14.8 Å². The minimum Gasteiger partial charge on any atom is -0.493 e. The predicted molar refractivity (Wildman–Crippen MR) is 82.6 cm³/mol. The molecular formula is C16H22FNO5. The molecule has 0 heterocycles. The molecular weight excluding hydrogens is 305 g/mol. The van der Waals surface area contributed by atoms with E-state index in [2.05, 4.69) is 5.32 Å². The third kappa shape index (κ3) is 5.77. The van der Waals surface area contributed by atoms with Crippen LogP contribution in [0, 0.1) is 5.82 Å². The molecule has 0 unspecified atom stereocenters. The van der Waals surface area contributed by atoms with Gasteiger partial charge in [0.2, 0.25) is 0 Å². The van der Waals surface area contributed by atoms with Crippen molar-refractivity contribution in [1.29, 1.82) is 0 Å². The number of methoxy groups -OCH3 is 2. The van der Waals surface area contributed by atoms with Gasteiger partial charge in [0.15, 0.2) is 11.5 Å². The van der Waals surface area contributed by atoms with E-state index in [9.17, 15) is 14.0 Å². The van der Waals surface area contributed by atoms with E-state index < -0.39 is 17.7 Å². The molecule has 2 N–H and O–H groups in total. The number of halogens is 1. The monoisotopic (exact) mass is 327 g/mol. The fourth-order valence-electron chi connectivity index (χ4n) is 2.16. The molecule has 6 nitrogen and oxygen atoms in total. The Balaban J connectivity index is 2.50. The summed E-state index contributed by atoms with van der Waals surface area (Å²) in [7, 11) is 2.76. The molecule has 0 atom stereocenters. The number of carboxylic acid groups (broad SMARTS) is 1.